The SMILES string of the molecule is NC(N)=NC(N)=Nc1cccc2ncc(C(=O)O)cc12. The lowest BCUT2D eigenvalue weighted by Gasteiger charge is -2.03. The number of carboxylic acid groups (broad SMARTS) is 1. The fourth-order valence-corrected chi connectivity index (χ4v) is 1.63. The van der Waals surface area contributed by atoms with Crippen molar-refractivity contribution in [2.45, 2.75) is 0 Å². The van der Waals surface area contributed by atoms with Crippen molar-refractivity contribution in [2.24, 2.45) is 27.2 Å². The van der Waals surface area contributed by atoms with Crippen molar-refractivity contribution < 1.29 is 9.90 Å². The highest BCUT2D eigenvalue weighted by molar-refractivity contribution is 5.99. The largest absolute Gasteiger partial charge is 0.478 e. The minimum atomic E-state index is -1.07. The quantitative estimate of drug-likeness (QED) is 0.451. The van der Waals surface area contributed by atoms with Gasteiger partial charge in [-0.25, -0.2) is 9.79 Å². The van der Waals surface area contributed by atoms with Crippen molar-refractivity contribution in [3.8, 4) is 0 Å². The Morgan fingerprint density at radius 2 is 2.00 bits per heavy atom. The minimum Gasteiger partial charge on any atom is -0.478 e. The lowest BCUT2D eigenvalue weighted by Crippen LogP contribution is -2.26. The molecule has 0 aliphatic rings. The number of rotatable bonds is 2. The first-order valence-electron chi connectivity index (χ1n) is 5.53. The summed E-state index contributed by atoms with van der Waals surface area (Å²) in [6.07, 6.45) is 1.28. The summed E-state index contributed by atoms with van der Waals surface area (Å²) in [5.74, 6) is -1.41. The highest BCUT2D eigenvalue weighted by Gasteiger charge is 2.07. The van der Waals surface area contributed by atoms with Crippen LogP contribution in [0.1, 0.15) is 10.4 Å². The van der Waals surface area contributed by atoms with Crippen LogP contribution in [0.5, 0.6) is 0 Å². The molecule has 0 aliphatic heterocycles. The second-order valence-electron chi connectivity index (χ2n) is 3.88. The Kier molecular flexibility index (Phi) is 3.47. The molecule has 102 valence electrons. The Balaban J connectivity index is 2.61. The number of benzene rings is 1. The highest BCUT2D eigenvalue weighted by Crippen LogP contribution is 2.25. The van der Waals surface area contributed by atoms with Crippen molar-refractivity contribution in [2.75, 3.05) is 0 Å². The van der Waals surface area contributed by atoms with Crippen LogP contribution in [0, 0.1) is 0 Å². The summed E-state index contributed by atoms with van der Waals surface area (Å²) >= 11 is 0. The molecule has 0 radical (unpaired) electrons. The van der Waals surface area contributed by atoms with Crippen LogP contribution in [0.3, 0.4) is 0 Å². The second kappa shape index (κ2) is 5.22. The van der Waals surface area contributed by atoms with E-state index in [1.54, 1.807) is 18.2 Å². The maximum atomic E-state index is 11.0. The fourth-order valence-electron chi connectivity index (χ4n) is 1.63. The summed E-state index contributed by atoms with van der Waals surface area (Å²) in [7, 11) is 0. The van der Waals surface area contributed by atoms with Crippen LogP contribution in [0.2, 0.25) is 0 Å². The number of guanidine groups is 2. The lowest BCUT2D eigenvalue weighted by atomic mass is 10.1. The highest BCUT2D eigenvalue weighted by atomic mass is 16.4. The Bertz CT molecular complexity index is 734. The van der Waals surface area contributed by atoms with Gasteiger partial charge in [0, 0.05) is 11.6 Å². The molecule has 0 aliphatic carbocycles. The van der Waals surface area contributed by atoms with Gasteiger partial charge >= 0.3 is 5.97 Å². The van der Waals surface area contributed by atoms with Crippen LogP contribution < -0.4 is 17.2 Å². The normalized spacial score (nSPS) is 11.3. The topological polar surface area (TPSA) is 153 Å². The molecule has 2 aromatic rings. The number of fused-ring (bicyclic) bond motifs is 1. The number of carbonyl (C=O) groups is 1. The van der Waals surface area contributed by atoms with Crippen LogP contribution in [0.4, 0.5) is 5.69 Å². The summed E-state index contributed by atoms with van der Waals surface area (Å²) in [5, 5.41) is 9.52. The van der Waals surface area contributed by atoms with Crippen LogP contribution in [0.25, 0.3) is 10.9 Å². The molecule has 1 aromatic carbocycles. The summed E-state index contributed by atoms with van der Waals surface area (Å²) in [6, 6.07) is 6.57. The van der Waals surface area contributed by atoms with Gasteiger partial charge in [0.1, 0.15) is 0 Å². The number of aromatic nitrogens is 1. The van der Waals surface area contributed by atoms with E-state index < -0.39 is 5.97 Å². The van der Waals surface area contributed by atoms with E-state index in [1.807, 2.05) is 0 Å². The van der Waals surface area contributed by atoms with Crippen molar-refractivity contribution in [1.82, 2.24) is 4.98 Å². The maximum absolute atomic E-state index is 11.0. The molecule has 20 heavy (non-hydrogen) atoms. The number of hydrogen-bond acceptors (Lipinski definition) is 3. The lowest BCUT2D eigenvalue weighted by molar-refractivity contribution is 0.0696. The first kappa shape index (κ1) is 13.3. The van der Waals surface area contributed by atoms with Crippen LogP contribution in [-0.2, 0) is 0 Å². The predicted molar refractivity (Wildman–Crippen MR) is 75.8 cm³/mol. The van der Waals surface area contributed by atoms with E-state index in [4.69, 9.17) is 22.3 Å². The molecule has 1 aromatic heterocycles. The van der Waals surface area contributed by atoms with Gasteiger partial charge in [-0.15, -0.1) is 0 Å². The van der Waals surface area contributed by atoms with Gasteiger partial charge in [-0.3, -0.25) is 4.98 Å². The van der Waals surface area contributed by atoms with Gasteiger partial charge in [-0.1, -0.05) is 6.07 Å². The van der Waals surface area contributed by atoms with Crippen molar-refractivity contribution in [1.29, 1.82) is 0 Å². The van der Waals surface area contributed by atoms with Gasteiger partial charge in [-0.2, -0.15) is 4.99 Å². The molecular weight excluding hydrogens is 260 g/mol. The van der Waals surface area contributed by atoms with E-state index in [2.05, 4.69) is 15.0 Å². The summed E-state index contributed by atoms with van der Waals surface area (Å²) in [5.41, 5.74) is 17.0. The number of nitrogens with two attached hydrogens (primary N) is 3. The first-order chi connectivity index (χ1) is 9.47. The molecule has 0 unspecified atom stereocenters. The molecule has 0 fully saturated rings. The van der Waals surface area contributed by atoms with E-state index in [1.165, 1.54) is 12.3 Å². The number of pyridine rings is 1. The standard InChI is InChI=1S/C12H12N6O2/c13-11(14)18-12(15)17-9-3-1-2-8-7(9)4-6(5-16-8)10(19)20/h1-5H,(H,19,20)(H6,13,14,15,17,18). The average molecular weight is 272 g/mol. The molecule has 0 saturated carbocycles. The number of aliphatic imine (C=N–C) groups is 2. The van der Waals surface area contributed by atoms with E-state index in [9.17, 15) is 4.79 Å². The number of carboxylic acids is 1. The van der Waals surface area contributed by atoms with Gasteiger partial charge in [0.25, 0.3) is 0 Å². The molecule has 2 rings (SSSR count). The van der Waals surface area contributed by atoms with Gasteiger partial charge in [-0.05, 0) is 18.2 Å². The third kappa shape index (κ3) is 2.80. The number of hydrogen-bond donors (Lipinski definition) is 4. The Labute approximate surface area is 113 Å². The third-order valence-corrected chi connectivity index (χ3v) is 2.43. The number of aromatic carboxylic acids is 1. The van der Waals surface area contributed by atoms with Gasteiger partial charge in [0.05, 0.1) is 16.8 Å². The monoisotopic (exact) mass is 272 g/mol. The minimum absolute atomic E-state index is 0.0561. The fraction of sp³-hybridized carbons (Fsp3) is 0. The van der Waals surface area contributed by atoms with Crippen LogP contribution >= 0.6 is 0 Å². The van der Waals surface area contributed by atoms with Crippen LogP contribution in [0.15, 0.2) is 40.4 Å². The molecule has 0 spiro atoms. The van der Waals surface area contributed by atoms with E-state index in [-0.39, 0.29) is 17.5 Å². The third-order valence-electron chi connectivity index (χ3n) is 2.43. The molecule has 1 heterocycles. The summed E-state index contributed by atoms with van der Waals surface area (Å²) in [6.45, 7) is 0. The zero-order valence-corrected chi connectivity index (χ0v) is 10.3. The van der Waals surface area contributed by atoms with Crippen molar-refractivity contribution >= 4 is 34.5 Å². The average Bonchev–Trinajstić information content (AvgIpc) is 2.37. The molecule has 8 heteroatoms. The van der Waals surface area contributed by atoms with Crippen molar-refractivity contribution in [3.63, 3.8) is 0 Å². The van der Waals surface area contributed by atoms with Crippen molar-refractivity contribution in [3.05, 3.63) is 36.0 Å². The van der Waals surface area contributed by atoms with Gasteiger partial charge in [0.15, 0.2) is 5.96 Å². The molecule has 0 amide bonds. The molecular formula is C12H12N6O2. The van der Waals surface area contributed by atoms with E-state index >= 15 is 0 Å². The maximum Gasteiger partial charge on any atom is 0.337 e. The summed E-state index contributed by atoms with van der Waals surface area (Å²) < 4.78 is 0. The Morgan fingerprint density at radius 1 is 1.25 bits per heavy atom. The summed E-state index contributed by atoms with van der Waals surface area (Å²) in [4.78, 5) is 22.7. The molecule has 0 saturated heterocycles. The molecule has 8 nitrogen and oxygen atoms in total. The van der Waals surface area contributed by atoms with Crippen LogP contribution in [-0.4, -0.2) is 28.0 Å². The van der Waals surface area contributed by atoms with E-state index in [0.717, 1.165) is 0 Å². The second-order valence-corrected chi connectivity index (χ2v) is 3.88. The number of nitrogens with zero attached hydrogens (tertiary/aromatic N) is 3. The Morgan fingerprint density at radius 3 is 2.65 bits per heavy atom. The van der Waals surface area contributed by atoms with Gasteiger partial charge in [0.2, 0.25) is 5.96 Å². The van der Waals surface area contributed by atoms with Gasteiger partial charge < -0.3 is 22.3 Å². The zero-order valence-electron chi connectivity index (χ0n) is 10.3. The first-order valence-corrected chi connectivity index (χ1v) is 5.53. The van der Waals surface area contributed by atoms with E-state index in [0.29, 0.717) is 16.6 Å². The smallest absolute Gasteiger partial charge is 0.337 e. The zero-order chi connectivity index (χ0) is 14.7. The molecule has 0 bridgehead atoms. The Hall–Kier alpha value is -3.16. The molecule has 0 atom stereocenters. The predicted octanol–water partition coefficient (Wildman–Crippen LogP) is 0.153. The molecule has 7 N–H and O–H groups in total.